The van der Waals surface area contributed by atoms with Crippen LogP contribution in [0, 0.1) is 11.8 Å². The van der Waals surface area contributed by atoms with Gasteiger partial charge in [0.1, 0.15) is 0 Å². The number of rotatable bonds is 7. The summed E-state index contributed by atoms with van der Waals surface area (Å²) in [6.45, 7) is 4.44. The van der Waals surface area contributed by atoms with Crippen LogP contribution in [0.15, 0.2) is 18.3 Å². The van der Waals surface area contributed by atoms with Crippen LogP contribution in [0.4, 0.5) is 0 Å². The average molecular weight is 251 g/mol. The highest BCUT2D eigenvalue weighted by Gasteiger charge is 2.11. The Labute approximate surface area is 108 Å². The summed E-state index contributed by atoms with van der Waals surface area (Å²) >= 11 is 0. The van der Waals surface area contributed by atoms with Gasteiger partial charge in [-0.2, -0.15) is 0 Å². The standard InChI is InChI=1S/C14H21NO3/c1-10(2)7-11(9-16)3-4-13-8-12(14(17)18)5-6-15-13/h5-6,8,10-11,16H,3-4,7,9H2,1-2H3,(H,17,18)/t11-/m0/s1. The monoisotopic (exact) mass is 251 g/mol. The summed E-state index contributed by atoms with van der Waals surface area (Å²) in [6, 6.07) is 3.09. The Morgan fingerprint density at radius 1 is 1.44 bits per heavy atom. The smallest absolute Gasteiger partial charge is 0.335 e. The second kappa shape index (κ2) is 7.11. The Hall–Kier alpha value is -1.42. The summed E-state index contributed by atoms with van der Waals surface area (Å²) < 4.78 is 0. The summed E-state index contributed by atoms with van der Waals surface area (Å²) in [4.78, 5) is 15.0. The predicted molar refractivity (Wildman–Crippen MR) is 69.5 cm³/mol. The van der Waals surface area contributed by atoms with E-state index in [0.717, 1.165) is 18.5 Å². The number of aromatic carboxylic acids is 1. The van der Waals surface area contributed by atoms with Gasteiger partial charge in [0.2, 0.25) is 0 Å². The number of carbonyl (C=O) groups is 1. The molecule has 0 saturated carbocycles. The summed E-state index contributed by atoms with van der Waals surface area (Å²) in [6.07, 6.45) is 4.05. The SMILES string of the molecule is CC(C)C[C@@H](CO)CCc1cc(C(=O)O)ccn1. The minimum Gasteiger partial charge on any atom is -0.478 e. The van der Waals surface area contributed by atoms with Crippen molar-refractivity contribution in [3.05, 3.63) is 29.6 Å². The van der Waals surface area contributed by atoms with Crippen molar-refractivity contribution >= 4 is 5.97 Å². The lowest BCUT2D eigenvalue weighted by Gasteiger charge is -2.16. The number of hydrogen-bond donors (Lipinski definition) is 2. The van der Waals surface area contributed by atoms with Crippen LogP contribution in [0.3, 0.4) is 0 Å². The van der Waals surface area contributed by atoms with Crippen molar-refractivity contribution in [2.45, 2.75) is 33.1 Å². The first kappa shape index (κ1) is 14.6. The van der Waals surface area contributed by atoms with Gasteiger partial charge in [-0.3, -0.25) is 4.98 Å². The fourth-order valence-electron chi connectivity index (χ4n) is 2.05. The van der Waals surface area contributed by atoms with Crippen LogP contribution in [0.2, 0.25) is 0 Å². The van der Waals surface area contributed by atoms with Crippen molar-refractivity contribution < 1.29 is 15.0 Å². The van der Waals surface area contributed by atoms with Crippen LogP contribution in [-0.4, -0.2) is 27.8 Å². The van der Waals surface area contributed by atoms with E-state index < -0.39 is 5.97 Å². The molecular formula is C14H21NO3. The number of hydrogen-bond acceptors (Lipinski definition) is 3. The molecule has 1 rings (SSSR count). The molecule has 2 N–H and O–H groups in total. The van der Waals surface area contributed by atoms with Gasteiger partial charge in [0.05, 0.1) is 5.56 Å². The van der Waals surface area contributed by atoms with Gasteiger partial charge < -0.3 is 10.2 Å². The first-order valence-corrected chi connectivity index (χ1v) is 6.32. The zero-order valence-electron chi connectivity index (χ0n) is 11.0. The molecule has 0 unspecified atom stereocenters. The van der Waals surface area contributed by atoms with Crippen molar-refractivity contribution in [2.24, 2.45) is 11.8 Å². The molecule has 0 saturated heterocycles. The summed E-state index contributed by atoms with van der Waals surface area (Å²) in [5.41, 5.74) is 1.04. The molecule has 0 spiro atoms. The second-order valence-corrected chi connectivity index (χ2v) is 5.06. The molecule has 18 heavy (non-hydrogen) atoms. The normalized spacial score (nSPS) is 12.7. The van der Waals surface area contributed by atoms with Crippen molar-refractivity contribution in [1.82, 2.24) is 4.98 Å². The largest absolute Gasteiger partial charge is 0.478 e. The molecule has 1 aromatic heterocycles. The second-order valence-electron chi connectivity index (χ2n) is 5.06. The molecular weight excluding hydrogens is 230 g/mol. The van der Waals surface area contributed by atoms with Crippen LogP contribution < -0.4 is 0 Å². The van der Waals surface area contributed by atoms with Crippen molar-refractivity contribution in [3.63, 3.8) is 0 Å². The van der Waals surface area contributed by atoms with Crippen LogP contribution >= 0.6 is 0 Å². The molecule has 4 nitrogen and oxygen atoms in total. The highest BCUT2D eigenvalue weighted by atomic mass is 16.4. The minimum absolute atomic E-state index is 0.177. The maximum absolute atomic E-state index is 10.8. The Bertz CT molecular complexity index is 390. The Morgan fingerprint density at radius 3 is 2.72 bits per heavy atom. The fraction of sp³-hybridized carbons (Fsp3) is 0.571. The minimum atomic E-state index is -0.931. The molecule has 1 heterocycles. The Morgan fingerprint density at radius 2 is 2.17 bits per heavy atom. The van der Waals surface area contributed by atoms with E-state index in [4.69, 9.17) is 5.11 Å². The number of aliphatic hydroxyl groups excluding tert-OH is 1. The van der Waals surface area contributed by atoms with Crippen LogP contribution in [0.1, 0.15) is 42.7 Å². The number of aryl methyl sites for hydroxylation is 1. The quantitative estimate of drug-likeness (QED) is 0.780. The van der Waals surface area contributed by atoms with Crippen molar-refractivity contribution in [3.8, 4) is 0 Å². The van der Waals surface area contributed by atoms with E-state index in [-0.39, 0.29) is 18.1 Å². The van der Waals surface area contributed by atoms with Gasteiger partial charge in [-0.25, -0.2) is 4.79 Å². The van der Waals surface area contributed by atoms with Gasteiger partial charge >= 0.3 is 5.97 Å². The molecule has 0 aromatic carbocycles. The number of aromatic nitrogens is 1. The molecule has 1 atom stereocenters. The number of carboxylic acid groups (broad SMARTS) is 1. The highest BCUT2D eigenvalue weighted by molar-refractivity contribution is 5.87. The van der Waals surface area contributed by atoms with E-state index in [1.54, 1.807) is 6.07 Å². The molecule has 4 heteroatoms. The maximum atomic E-state index is 10.8. The number of carboxylic acids is 1. The van der Waals surface area contributed by atoms with E-state index in [1.165, 1.54) is 12.3 Å². The van der Waals surface area contributed by atoms with E-state index in [9.17, 15) is 9.90 Å². The summed E-state index contributed by atoms with van der Waals surface area (Å²) in [5, 5.41) is 18.2. The van der Waals surface area contributed by atoms with Crippen molar-refractivity contribution in [2.75, 3.05) is 6.61 Å². The van der Waals surface area contributed by atoms with Gasteiger partial charge in [0, 0.05) is 18.5 Å². The molecule has 1 aromatic rings. The predicted octanol–water partition coefficient (Wildman–Crippen LogP) is 2.37. The highest BCUT2D eigenvalue weighted by Crippen LogP contribution is 2.17. The van der Waals surface area contributed by atoms with Gasteiger partial charge in [-0.1, -0.05) is 13.8 Å². The van der Waals surface area contributed by atoms with Gasteiger partial charge in [-0.05, 0) is 43.2 Å². The lowest BCUT2D eigenvalue weighted by molar-refractivity contribution is 0.0696. The molecule has 100 valence electrons. The summed E-state index contributed by atoms with van der Waals surface area (Å²) in [5.74, 6) is -0.111. The fourth-order valence-corrected chi connectivity index (χ4v) is 2.05. The topological polar surface area (TPSA) is 70.4 Å². The van der Waals surface area contributed by atoms with E-state index in [0.29, 0.717) is 12.3 Å². The first-order chi connectivity index (χ1) is 8.52. The molecule has 0 fully saturated rings. The van der Waals surface area contributed by atoms with Crippen LogP contribution in [0.25, 0.3) is 0 Å². The lowest BCUT2D eigenvalue weighted by Crippen LogP contribution is -2.11. The lowest BCUT2D eigenvalue weighted by atomic mass is 9.93. The van der Waals surface area contributed by atoms with Gasteiger partial charge in [0.25, 0.3) is 0 Å². The van der Waals surface area contributed by atoms with E-state index in [2.05, 4.69) is 18.8 Å². The third-order valence-corrected chi connectivity index (χ3v) is 2.94. The molecule has 0 radical (unpaired) electrons. The van der Waals surface area contributed by atoms with Crippen LogP contribution in [-0.2, 0) is 6.42 Å². The Balaban J connectivity index is 2.56. The van der Waals surface area contributed by atoms with Crippen molar-refractivity contribution in [1.29, 1.82) is 0 Å². The van der Waals surface area contributed by atoms with Crippen LogP contribution in [0.5, 0.6) is 0 Å². The molecule has 0 aliphatic carbocycles. The van der Waals surface area contributed by atoms with Gasteiger partial charge in [-0.15, -0.1) is 0 Å². The zero-order valence-corrected chi connectivity index (χ0v) is 11.0. The molecule has 0 aliphatic rings. The zero-order chi connectivity index (χ0) is 13.5. The third kappa shape index (κ3) is 4.84. The van der Waals surface area contributed by atoms with E-state index in [1.807, 2.05) is 0 Å². The molecule has 0 aliphatic heterocycles. The molecule has 0 amide bonds. The van der Waals surface area contributed by atoms with Gasteiger partial charge in [0.15, 0.2) is 0 Å². The first-order valence-electron chi connectivity index (χ1n) is 6.32. The summed E-state index contributed by atoms with van der Waals surface area (Å²) in [7, 11) is 0. The van der Waals surface area contributed by atoms with E-state index >= 15 is 0 Å². The number of nitrogens with zero attached hydrogens (tertiary/aromatic N) is 1. The number of aliphatic hydroxyl groups is 1. The maximum Gasteiger partial charge on any atom is 0.335 e. The third-order valence-electron chi connectivity index (χ3n) is 2.94. The average Bonchev–Trinajstić information content (AvgIpc) is 2.34. The Kier molecular flexibility index (Phi) is 5.78. The molecule has 0 bridgehead atoms. The number of pyridine rings is 1.